The van der Waals surface area contributed by atoms with Crippen molar-refractivity contribution in [3.8, 4) is 6.07 Å². The summed E-state index contributed by atoms with van der Waals surface area (Å²) in [5, 5.41) is 8.48. The molecule has 0 spiro atoms. The highest BCUT2D eigenvalue weighted by Crippen LogP contribution is 2.33. The van der Waals surface area contributed by atoms with E-state index in [1.54, 1.807) is 6.07 Å². The Bertz CT molecular complexity index is 458. The molecule has 0 aromatic heterocycles. The molecule has 0 heterocycles. The van der Waals surface area contributed by atoms with E-state index in [2.05, 4.69) is 0 Å². The third-order valence-electron chi connectivity index (χ3n) is 2.10. The van der Waals surface area contributed by atoms with Crippen LogP contribution in [0, 0.1) is 18.3 Å². The van der Waals surface area contributed by atoms with Crippen molar-refractivity contribution in [2.45, 2.75) is 19.5 Å². The highest BCUT2D eigenvalue weighted by Gasteiger charge is 2.34. The second-order valence-corrected chi connectivity index (χ2v) is 3.34. The summed E-state index contributed by atoms with van der Waals surface area (Å²) in [5.74, 6) is 0. The Morgan fingerprint density at radius 3 is 2.50 bits per heavy atom. The van der Waals surface area contributed by atoms with Crippen LogP contribution in [-0.2, 0) is 12.6 Å². The minimum Gasteiger partial charge on any atom is -0.298 e. The Hall–Kier alpha value is -1.83. The van der Waals surface area contributed by atoms with Crippen molar-refractivity contribution in [3.63, 3.8) is 0 Å². The lowest BCUT2D eigenvalue weighted by Gasteiger charge is -2.13. The number of nitrogens with zero attached hydrogens (tertiary/aromatic N) is 1. The summed E-state index contributed by atoms with van der Waals surface area (Å²) in [5.41, 5.74) is -0.930. The van der Waals surface area contributed by atoms with Gasteiger partial charge < -0.3 is 0 Å². The SMILES string of the molecule is Cc1cc(CC#N)c(C=O)c(C(F)(F)F)c1. The normalized spacial score (nSPS) is 10.9. The molecule has 2 nitrogen and oxygen atoms in total. The van der Waals surface area contributed by atoms with Crippen LogP contribution in [0.15, 0.2) is 12.1 Å². The van der Waals surface area contributed by atoms with E-state index >= 15 is 0 Å². The number of alkyl halides is 3. The molecular formula is C11H8F3NO. The van der Waals surface area contributed by atoms with Crippen LogP contribution >= 0.6 is 0 Å². The zero-order valence-corrected chi connectivity index (χ0v) is 8.43. The third-order valence-corrected chi connectivity index (χ3v) is 2.10. The molecule has 16 heavy (non-hydrogen) atoms. The topological polar surface area (TPSA) is 40.9 Å². The van der Waals surface area contributed by atoms with Crippen molar-refractivity contribution < 1.29 is 18.0 Å². The van der Waals surface area contributed by atoms with Crippen molar-refractivity contribution >= 4 is 6.29 Å². The Kier molecular flexibility index (Phi) is 3.33. The van der Waals surface area contributed by atoms with Gasteiger partial charge in [-0.3, -0.25) is 4.79 Å². The van der Waals surface area contributed by atoms with Gasteiger partial charge in [0, 0.05) is 5.56 Å². The van der Waals surface area contributed by atoms with Crippen LogP contribution in [0.5, 0.6) is 0 Å². The number of benzene rings is 1. The molecule has 1 rings (SSSR count). The monoisotopic (exact) mass is 227 g/mol. The van der Waals surface area contributed by atoms with Gasteiger partial charge in [0.05, 0.1) is 18.1 Å². The van der Waals surface area contributed by atoms with Crippen LogP contribution in [-0.4, -0.2) is 6.29 Å². The van der Waals surface area contributed by atoms with E-state index in [4.69, 9.17) is 5.26 Å². The van der Waals surface area contributed by atoms with Crippen molar-refractivity contribution in [1.29, 1.82) is 5.26 Å². The number of carbonyl (C=O) groups is 1. The highest BCUT2D eigenvalue weighted by molar-refractivity contribution is 5.80. The summed E-state index contributed by atoms with van der Waals surface area (Å²) < 4.78 is 37.8. The number of rotatable bonds is 2. The van der Waals surface area contributed by atoms with Gasteiger partial charge >= 0.3 is 6.18 Å². The number of nitriles is 1. The number of aldehydes is 1. The van der Waals surface area contributed by atoms with Crippen LogP contribution in [0.4, 0.5) is 13.2 Å². The predicted molar refractivity (Wildman–Crippen MR) is 50.9 cm³/mol. The van der Waals surface area contributed by atoms with Crippen LogP contribution in [0.25, 0.3) is 0 Å². The van der Waals surface area contributed by atoms with Gasteiger partial charge in [-0.25, -0.2) is 0 Å². The maximum atomic E-state index is 12.6. The van der Waals surface area contributed by atoms with Gasteiger partial charge in [-0.05, 0) is 18.6 Å². The fourth-order valence-electron chi connectivity index (χ4n) is 1.48. The molecule has 0 saturated heterocycles. The molecule has 0 aliphatic heterocycles. The smallest absolute Gasteiger partial charge is 0.298 e. The van der Waals surface area contributed by atoms with Crippen molar-refractivity contribution in [2.24, 2.45) is 0 Å². The van der Waals surface area contributed by atoms with E-state index < -0.39 is 17.3 Å². The van der Waals surface area contributed by atoms with Crippen LogP contribution in [0.1, 0.15) is 27.0 Å². The maximum Gasteiger partial charge on any atom is 0.417 e. The second kappa shape index (κ2) is 4.35. The lowest BCUT2D eigenvalue weighted by Crippen LogP contribution is -2.11. The van der Waals surface area contributed by atoms with Gasteiger partial charge in [-0.1, -0.05) is 11.6 Å². The van der Waals surface area contributed by atoms with E-state index in [-0.39, 0.29) is 18.3 Å². The number of halogens is 3. The summed E-state index contributed by atoms with van der Waals surface area (Å²) in [7, 11) is 0. The molecule has 0 fully saturated rings. The summed E-state index contributed by atoms with van der Waals surface area (Å²) in [6.07, 6.45) is -4.64. The average molecular weight is 227 g/mol. The molecule has 1 aromatic carbocycles. The van der Waals surface area contributed by atoms with Gasteiger partial charge in [0.15, 0.2) is 6.29 Å². The van der Waals surface area contributed by atoms with Crippen LogP contribution in [0.3, 0.4) is 0 Å². The Morgan fingerprint density at radius 1 is 1.44 bits per heavy atom. The predicted octanol–water partition coefficient (Wildman–Crippen LogP) is 2.89. The first-order valence-electron chi connectivity index (χ1n) is 4.43. The molecule has 0 N–H and O–H groups in total. The molecule has 0 bridgehead atoms. The summed E-state index contributed by atoms with van der Waals surface area (Å²) in [6, 6.07) is 4.06. The summed E-state index contributed by atoms with van der Waals surface area (Å²) in [6.45, 7) is 1.49. The highest BCUT2D eigenvalue weighted by atomic mass is 19.4. The van der Waals surface area contributed by atoms with Crippen molar-refractivity contribution in [2.75, 3.05) is 0 Å². The molecule has 5 heteroatoms. The Balaban J connectivity index is 3.49. The summed E-state index contributed by atoms with van der Waals surface area (Å²) >= 11 is 0. The molecule has 0 amide bonds. The fourth-order valence-corrected chi connectivity index (χ4v) is 1.48. The molecule has 0 unspecified atom stereocenters. The minimum atomic E-state index is -4.58. The molecule has 84 valence electrons. The molecule has 0 atom stereocenters. The van der Waals surface area contributed by atoms with Crippen molar-refractivity contribution in [1.82, 2.24) is 0 Å². The van der Waals surface area contributed by atoms with Crippen molar-refractivity contribution in [3.05, 3.63) is 34.4 Å². The molecular weight excluding hydrogens is 219 g/mol. The van der Waals surface area contributed by atoms with Gasteiger partial charge in [0.2, 0.25) is 0 Å². The number of hydrogen-bond acceptors (Lipinski definition) is 2. The van der Waals surface area contributed by atoms with Crippen LogP contribution < -0.4 is 0 Å². The number of carbonyl (C=O) groups excluding carboxylic acids is 1. The first kappa shape index (κ1) is 12.2. The first-order chi connectivity index (χ1) is 7.40. The maximum absolute atomic E-state index is 12.6. The minimum absolute atomic E-state index is 0.116. The lowest BCUT2D eigenvalue weighted by atomic mass is 9.97. The van der Waals surface area contributed by atoms with Gasteiger partial charge in [-0.2, -0.15) is 18.4 Å². The van der Waals surface area contributed by atoms with E-state index in [1.807, 2.05) is 0 Å². The molecule has 0 aliphatic rings. The van der Waals surface area contributed by atoms with Gasteiger partial charge in [-0.15, -0.1) is 0 Å². The molecule has 0 aliphatic carbocycles. The van der Waals surface area contributed by atoms with E-state index in [9.17, 15) is 18.0 Å². The van der Waals surface area contributed by atoms with E-state index in [0.29, 0.717) is 5.56 Å². The number of aryl methyl sites for hydroxylation is 1. The fraction of sp³-hybridized carbons (Fsp3) is 0.273. The zero-order valence-electron chi connectivity index (χ0n) is 8.43. The Morgan fingerprint density at radius 2 is 2.06 bits per heavy atom. The molecule has 1 aromatic rings. The lowest BCUT2D eigenvalue weighted by molar-refractivity contribution is -0.137. The standard InChI is InChI=1S/C11H8F3NO/c1-7-4-8(2-3-15)9(6-16)10(5-7)11(12,13)14/h4-6H,2H2,1H3. The molecule has 0 radical (unpaired) electrons. The zero-order chi connectivity index (χ0) is 12.3. The summed E-state index contributed by atoms with van der Waals surface area (Å²) in [4.78, 5) is 10.7. The second-order valence-electron chi connectivity index (χ2n) is 3.34. The third kappa shape index (κ3) is 2.40. The van der Waals surface area contributed by atoms with Gasteiger partial charge in [0.25, 0.3) is 0 Å². The van der Waals surface area contributed by atoms with Gasteiger partial charge in [0.1, 0.15) is 0 Å². The van der Waals surface area contributed by atoms with E-state index in [1.165, 1.54) is 13.0 Å². The largest absolute Gasteiger partial charge is 0.417 e. The first-order valence-corrected chi connectivity index (χ1v) is 4.43. The quantitative estimate of drug-likeness (QED) is 0.729. The molecule has 0 saturated carbocycles. The Labute approximate surface area is 90.3 Å². The number of hydrogen-bond donors (Lipinski definition) is 0. The van der Waals surface area contributed by atoms with Crippen LogP contribution in [0.2, 0.25) is 0 Å². The van der Waals surface area contributed by atoms with E-state index in [0.717, 1.165) is 6.07 Å². The average Bonchev–Trinajstić information content (AvgIpc) is 2.16.